The highest BCUT2D eigenvalue weighted by Crippen LogP contribution is 2.26. The minimum Gasteiger partial charge on any atom is -0.354 e. The number of hydrogen-bond acceptors (Lipinski definition) is 4. The third-order valence-electron chi connectivity index (χ3n) is 7.81. The Labute approximate surface area is 205 Å². The van der Waals surface area contributed by atoms with Gasteiger partial charge in [-0.25, -0.2) is 4.39 Å². The highest BCUT2D eigenvalue weighted by atomic mass is 19.1. The van der Waals surface area contributed by atoms with E-state index in [4.69, 9.17) is 4.99 Å². The van der Waals surface area contributed by atoms with Crippen molar-refractivity contribution in [3.8, 4) is 0 Å². The Kier molecular flexibility index (Phi) is 5.80. The normalized spacial score (nSPS) is 20.5. The van der Waals surface area contributed by atoms with E-state index in [1.54, 1.807) is 6.07 Å². The summed E-state index contributed by atoms with van der Waals surface area (Å²) in [7, 11) is 0. The van der Waals surface area contributed by atoms with Gasteiger partial charge in [-0.2, -0.15) is 0 Å². The molecule has 2 aromatic carbocycles. The summed E-state index contributed by atoms with van der Waals surface area (Å²) >= 11 is 0. The topological polar surface area (TPSA) is 54.9 Å². The maximum absolute atomic E-state index is 13.8. The lowest BCUT2D eigenvalue weighted by Gasteiger charge is -2.37. The summed E-state index contributed by atoms with van der Waals surface area (Å²) in [4.78, 5) is 28.2. The van der Waals surface area contributed by atoms with Crippen LogP contribution >= 0.6 is 0 Å². The molecule has 182 valence electrons. The zero-order valence-corrected chi connectivity index (χ0v) is 20.3. The maximum atomic E-state index is 13.8. The van der Waals surface area contributed by atoms with Gasteiger partial charge in [0.2, 0.25) is 0 Å². The fraction of sp³-hybridized carbons (Fsp3) is 0.429. The predicted molar refractivity (Wildman–Crippen MR) is 136 cm³/mol. The molecule has 3 aromatic rings. The molecule has 2 saturated heterocycles. The zero-order chi connectivity index (χ0) is 23.9. The van der Waals surface area contributed by atoms with E-state index in [1.807, 2.05) is 12.1 Å². The number of halogens is 1. The van der Waals surface area contributed by atoms with Crippen molar-refractivity contribution in [3.05, 3.63) is 70.7 Å². The molecule has 0 radical (unpaired) electrons. The quantitative estimate of drug-likeness (QED) is 0.618. The molecule has 0 unspecified atom stereocenters. The smallest absolute Gasteiger partial charge is 0.270 e. The minimum absolute atomic E-state index is 0.122. The number of nitrogens with zero attached hydrogens (tertiary/aromatic N) is 4. The number of hydrogen-bond donors (Lipinski definition) is 1. The summed E-state index contributed by atoms with van der Waals surface area (Å²) in [6, 6.07) is 13.5. The van der Waals surface area contributed by atoms with E-state index < -0.39 is 0 Å². The third kappa shape index (κ3) is 4.33. The predicted octanol–water partition coefficient (Wildman–Crippen LogP) is 4.19. The maximum Gasteiger partial charge on any atom is 0.270 e. The lowest BCUT2D eigenvalue weighted by Crippen LogP contribution is -2.49. The SMILES string of the molecule is Cc1ccc2cc(C(=O)N3CCC[C@H]3CCN3CCN(C4=NCc5ccc(F)cc54)CC3)[nH]c2c1. The Morgan fingerprint density at radius 3 is 2.80 bits per heavy atom. The first kappa shape index (κ1) is 22.3. The van der Waals surface area contributed by atoms with E-state index >= 15 is 0 Å². The van der Waals surface area contributed by atoms with Crippen LogP contribution in [0.3, 0.4) is 0 Å². The molecule has 1 amide bonds. The van der Waals surface area contributed by atoms with Crippen molar-refractivity contribution in [2.24, 2.45) is 4.99 Å². The van der Waals surface area contributed by atoms with E-state index in [-0.39, 0.29) is 11.7 Å². The molecule has 1 N–H and O–H groups in total. The molecule has 0 aliphatic carbocycles. The Morgan fingerprint density at radius 2 is 1.94 bits per heavy atom. The Bertz CT molecular complexity index is 1290. The summed E-state index contributed by atoms with van der Waals surface area (Å²) < 4.78 is 13.8. The second-order valence-corrected chi connectivity index (χ2v) is 10.1. The molecule has 0 bridgehead atoms. The number of aliphatic imine (C=N–C) groups is 1. The number of amidine groups is 1. The van der Waals surface area contributed by atoms with Crippen LogP contribution in [0, 0.1) is 12.7 Å². The number of likely N-dealkylation sites (tertiary alicyclic amines) is 1. The van der Waals surface area contributed by atoms with Gasteiger partial charge in [0.15, 0.2) is 0 Å². The van der Waals surface area contributed by atoms with E-state index in [0.29, 0.717) is 18.3 Å². The van der Waals surface area contributed by atoms with Crippen molar-refractivity contribution in [3.63, 3.8) is 0 Å². The van der Waals surface area contributed by atoms with Gasteiger partial charge in [-0.15, -0.1) is 0 Å². The molecule has 4 heterocycles. The van der Waals surface area contributed by atoms with E-state index in [0.717, 1.165) is 86.4 Å². The molecule has 6 rings (SSSR count). The van der Waals surface area contributed by atoms with Crippen LogP contribution in [0.5, 0.6) is 0 Å². The highest BCUT2D eigenvalue weighted by molar-refractivity contribution is 6.02. The van der Waals surface area contributed by atoms with Crippen LogP contribution < -0.4 is 0 Å². The van der Waals surface area contributed by atoms with Crippen LogP contribution in [0.15, 0.2) is 47.5 Å². The Hall–Kier alpha value is -3.19. The lowest BCUT2D eigenvalue weighted by atomic mass is 10.1. The largest absolute Gasteiger partial charge is 0.354 e. The molecule has 3 aliphatic rings. The van der Waals surface area contributed by atoms with Gasteiger partial charge >= 0.3 is 0 Å². The molecule has 35 heavy (non-hydrogen) atoms. The number of carbonyl (C=O) groups is 1. The lowest BCUT2D eigenvalue weighted by molar-refractivity contribution is 0.0710. The van der Waals surface area contributed by atoms with Crippen molar-refractivity contribution in [2.75, 3.05) is 39.3 Å². The van der Waals surface area contributed by atoms with E-state index in [9.17, 15) is 9.18 Å². The molecule has 1 atom stereocenters. The van der Waals surface area contributed by atoms with Crippen LogP contribution in [0.4, 0.5) is 4.39 Å². The van der Waals surface area contributed by atoms with Crippen LogP contribution in [0.25, 0.3) is 10.9 Å². The van der Waals surface area contributed by atoms with Crippen molar-refractivity contribution >= 4 is 22.6 Å². The van der Waals surface area contributed by atoms with Crippen LogP contribution in [-0.2, 0) is 6.54 Å². The first-order valence-electron chi connectivity index (χ1n) is 12.8. The van der Waals surface area contributed by atoms with E-state index in [2.05, 4.69) is 44.8 Å². The summed E-state index contributed by atoms with van der Waals surface area (Å²) in [5, 5.41) is 1.09. The molecule has 1 aromatic heterocycles. The average Bonchev–Trinajstić information content (AvgIpc) is 3.60. The molecule has 0 spiro atoms. The monoisotopic (exact) mass is 473 g/mol. The van der Waals surface area contributed by atoms with Crippen molar-refractivity contribution in [1.29, 1.82) is 0 Å². The molecule has 0 saturated carbocycles. The van der Waals surface area contributed by atoms with E-state index in [1.165, 1.54) is 11.6 Å². The zero-order valence-electron chi connectivity index (χ0n) is 20.3. The number of aromatic amines is 1. The Balaban J connectivity index is 1.04. The second kappa shape index (κ2) is 9.11. The van der Waals surface area contributed by atoms with Crippen LogP contribution in [0.1, 0.15) is 46.4 Å². The van der Waals surface area contributed by atoms with Gasteiger partial charge < -0.3 is 14.8 Å². The van der Waals surface area contributed by atoms with Gasteiger partial charge in [-0.1, -0.05) is 18.2 Å². The number of aromatic nitrogens is 1. The van der Waals surface area contributed by atoms with Crippen LogP contribution in [0.2, 0.25) is 0 Å². The first-order valence-corrected chi connectivity index (χ1v) is 12.8. The van der Waals surface area contributed by atoms with Gasteiger partial charge in [0.1, 0.15) is 17.3 Å². The van der Waals surface area contributed by atoms with Crippen molar-refractivity contribution in [2.45, 2.75) is 38.8 Å². The van der Waals surface area contributed by atoms with Crippen molar-refractivity contribution in [1.82, 2.24) is 19.7 Å². The number of benzene rings is 2. The molecular weight excluding hydrogens is 441 g/mol. The van der Waals surface area contributed by atoms with Crippen LogP contribution in [-0.4, -0.2) is 76.7 Å². The van der Waals surface area contributed by atoms with Gasteiger partial charge in [-0.3, -0.25) is 14.7 Å². The number of aryl methyl sites for hydroxylation is 1. The third-order valence-corrected chi connectivity index (χ3v) is 7.81. The fourth-order valence-electron chi connectivity index (χ4n) is 5.84. The number of fused-ring (bicyclic) bond motifs is 2. The average molecular weight is 474 g/mol. The summed E-state index contributed by atoms with van der Waals surface area (Å²) in [6.07, 6.45) is 3.14. The first-order chi connectivity index (χ1) is 17.0. The fourth-order valence-corrected chi connectivity index (χ4v) is 5.84. The molecule has 6 nitrogen and oxygen atoms in total. The van der Waals surface area contributed by atoms with Crippen molar-refractivity contribution < 1.29 is 9.18 Å². The second-order valence-electron chi connectivity index (χ2n) is 10.1. The van der Waals surface area contributed by atoms with Gasteiger partial charge in [-0.05, 0) is 61.6 Å². The van der Waals surface area contributed by atoms with Gasteiger partial charge in [0, 0.05) is 61.8 Å². The standard InChI is InChI=1S/C28H32FN5O/c1-19-4-5-20-16-26(31-25(20)15-19)28(35)34-9-2-3-23(34)8-10-32-11-13-33(14-12-32)27-24-17-22(29)7-6-21(24)18-30-27/h4-7,15-17,23,31H,2-3,8-14,18H2,1H3/t23-/m0/s1. The Morgan fingerprint density at radius 1 is 1.09 bits per heavy atom. The number of piperazine rings is 1. The highest BCUT2D eigenvalue weighted by Gasteiger charge is 2.31. The molecule has 7 heteroatoms. The van der Waals surface area contributed by atoms with Gasteiger partial charge in [0.05, 0.1) is 6.54 Å². The summed E-state index contributed by atoms with van der Waals surface area (Å²) in [6.45, 7) is 8.27. The molecule has 2 fully saturated rings. The summed E-state index contributed by atoms with van der Waals surface area (Å²) in [5.74, 6) is 0.867. The molecule has 3 aliphatic heterocycles. The number of rotatable bonds is 4. The minimum atomic E-state index is -0.199. The van der Waals surface area contributed by atoms with Gasteiger partial charge in [0.25, 0.3) is 5.91 Å². The molecular formula is C28H32FN5O. The number of nitrogens with one attached hydrogen (secondary N) is 1. The number of carbonyl (C=O) groups excluding carboxylic acids is 1. The number of H-pyrrole nitrogens is 1. The number of amides is 1. The summed E-state index contributed by atoms with van der Waals surface area (Å²) in [5.41, 5.74) is 4.97.